The van der Waals surface area contributed by atoms with Crippen LogP contribution in [0.4, 0.5) is 5.82 Å². The first-order chi connectivity index (χ1) is 9.15. The fourth-order valence-corrected chi connectivity index (χ4v) is 2.31. The zero-order valence-corrected chi connectivity index (χ0v) is 12.1. The molecule has 0 spiro atoms. The van der Waals surface area contributed by atoms with Crippen LogP contribution in [0.5, 0.6) is 0 Å². The molecule has 1 aliphatic heterocycles. The van der Waals surface area contributed by atoms with Gasteiger partial charge in [0.25, 0.3) is 0 Å². The maximum atomic E-state index is 11.0. The molecule has 0 unspecified atom stereocenters. The molecule has 106 valence electrons. The van der Waals surface area contributed by atoms with E-state index in [2.05, 4.69) is 20.6 Å². The average molecular weight is 284 g/mol. The largest absolute Gasteiger partial charge is 0.369 e. The molecule has 0 radical (unpaired) electrons. The average Bonchev–Trinajstić information content (AvgIpc) is 2.39. The molecule has 0 aliphatic carbocycles. The molecule has 2 rings (SSSR count). The minimum absolute atomic E-state index is 0.0173. The van der Waals surface area contributed by atoms with Crippen molar-refractivity contribution in [1.82, 2.24) is 15.3 Å². The number of rotatable bonds is 5. The van der Waals surface area contributed by atoms with Crippen molar-refractivity contribution in [2.75, 3.05) is 43.6 Å². The van der Waals surface area contributed by atoms with Crippen LogP contribution >= 0.6 is 0 Å². The number of aromatic nitrogens is 2. The summed E-state index contributed by atoms with van der Waals surface area (Å²) in [5.74, 6) is 2.09. The Morgan fingerprint density at radius 3 is 3.11 bits per heavy atom. The first kappa shape index (κ1) is 14.4. The molecule has 0 aromatic carbocycles. The summed E-state index contributed by atoms with van der Waals surface area (Å²) in [4.78, 5) is 8.75. The molecule has 1 aliphatic rings. The van der Waals surface area contributed by atoms with Crippen LogP contribution in [0.3, 0.4) is 0 Å². The van der Waals surface area contributed by atoms with Crippen LogP contribution in [0.15, 0.2) is 6.07 Å². The van der Waals surface area contributed by atoms with E-state index >= 15 is 0 Å². The first-order valence-electron chi connectivity index (χ1n) is 6.37. The number of anilines is 1. The molecule has 2 N–H and O–H groups in total. The van der Waals surface area contributed by atoms with Gasteiger partial charge in [0.15, 0.2) is 0 Å². The van der Waals surface area contributed by atoms with Crippen molar-refractivity contribution in [1.29, 1.82) is 0 Å². The highest BCUT2D eigenvalue weighted by Crippen LogP contribution is 2.19. The number of nitrogens with one attached hydrogen (secondary N) is 2. The number of aryl methyl sites for hydroxylation is 1. The van der Waals surface area contributed by atoms with E-state index in [1.165, 1.54) is 0 Å². The van der Waals surface area contributed by atoms with Crippen molar-refractivity contribution in [3.63, 3.8) is 0 Å². The number of hydrogen-bond acceptors (Lipinski definition) is 6. The molecule has 1 fully saturated rings. The second-order valence-electron chi connectivity index (χ2n) is 4.49. The summed E-state index contributed by atoms with van der Waals surface area (Å²) in [5, 5.41) is 6.46. The van der Waals surface area contributed by atoms with Crippen molar-refractivity contribution in [3.8, 4) is 0 Å². The van der Waals surface area contributed by atoms with Crippen molar-refractivity contribution >= 4 is 16.6 Å². The molecule has 0 saturated carbocycles. The Kier molecular flexibility index (Phi) is 5.24. The predicted octanol–water partition coefficient (Wildman–Crippen LogP) is 0.236. The van der Waals surface area contributed by atoms with Crippen LogP contribution in [-0.2, 0) is 15.5 Å². The maximum absolute atomic E-state index is 11.0. The Morgan fingerprint density at radius 2 is 2.42 bits per heavy atom. The molecule has 1 saturated heterocycles. The van der Waals surface area contributed by atoms with Crippen molar-refractivity contribution in [3.05, 3.63) is 17.6 Å². The Morgan fingerprint density at radius 1 is 1.58 bits per heavy atom. The molecule has 19 heavy (non-hydrogen) atoms. The topological polar surface area (TPSA) is 76.1 Å². The third kappa shape index (κ3) is 4.52. The minimum Gasteiger partial charge on any atom is -0.369 e. The van der Waals surface area contributed by atoms with Crippen LogP contribution in [0.1, 0.15) is 17.6 Å². The number of morpholine rings is 1. The van der Waals surface area contributed by atoms with E-state index in [1.54, 1.807) is 6.26 Å². The van der Waals surface area contributed by atoms with Gasteiger partial charge in [-0.25, -0.2) is 9.97 Å². The standard InChI is InChI=1S/C12H20N4O2S/c1-9-15-10(11-8-13-3-5-18-11)7-12(16-9)14-4-6-19(2)17/h7,11,13H,3-6,8H2,1-2H3,(H,14,15,16)/t11-,19+/m1/s1. The van der Waals surface area contributed by atoms with Crippen LogP contribution in [0.2, 0.25) is 0 Å². The van der Waals surface area contributed by atoms with Gasteiger partial charge in [-0.15, -0.1) is 0 Å². The van der Waals surface area contributed by atoms with Gasteiger partial charge in [0.1, 0.15) is 17.7 Å². The lowest BCUT2D eigenvalue weighted by molar-refractivity contribution is 0.0249. The van der Waals surface area contributed by atoms with E-state index in [1.807, 2.05) is 13.0 Å². The van der Waals surface area contributed by atoms with Gasteiger partial charge >= 0.3 is 0 Å². The summed E-state index contributed by atoms with van der Waals surface area (Å²) in [6.07, 6.45) is 1.68. The normalized spacial score (nSPS) is 21.1. The molecule has 1 aromatic heterocycles. The van der Waals surface area contributed by atoms with E-state index in [9.17, 15) is 4.21 Å². The van der Waals surface area contributed by atoms with Gasteiger partial charge in [0.2, 0.25) is 0 Å². The lowest BCUT2D eigenvalue weighted by Crippen LogP contribution is -2.34. The molecule has 6 nitrogen and oxygen atoms in total. The van der Waals surface area contributed by atoms with Gasteiger partial charge in [0, 0.05) is 48.5 Å². The molecule has 2 atom stereocenters. The SMILES string of the molecule is Cc1nc(NCC[S@](C)=O)cc([C@H]2CNCCO2)n1. The highest BCUT2D eigenvalue weighted by Gasteiger charge is 2.18. The van der Waals surface area contributed by atoms with E-state index < -0.39 is 10.8 Å². The molecular weight excluding hydrogens is 264 g/mol. The van der Waals surface area contributed by atoms with Crippen molar-refractivity contribution in [2.45, 2.75) is 13.0 Å². The summed E-state index contributed by atoms with van der Waals surface area (Å²) >= 11 is 0. The highest BCUT2D eigenvalue weighted by molar-refractivity contribution is 7.84. The summed E-state index contributed by atoms with van der Waals surface area (Å²) in [6, 6.07) is 1.91. The summed E-state index contributed by atoms with van der Waals surface area (Å²) in [6.45, 7) is 4.86. The monoisotopic (exact) mass is 284 g/mol. The lowest BCUT2D eigenvalue weighted by atomic mass is 10.2. The Bertz CT molecular complexity index is 449. The van der Waals surface area contributed by atoms with Crippen LogP contribution in [0, 0.1) is 6.92 Å². The van der Waals surface area contributed by atoms with Crippen molar-refractivity contribution in [2.24, 2.45) is 0 Å². The minimum atomic E-state index is -0.795. The molecule has 2 heterocycles. The maximum Gasteiger partial charge on any atom is 0.130 e. The van der Waals surface area contributed by atoms with Gasteiger partial charge in [-0.3, -0.25) is 4.21 Å². The second-order valence-corrected chi connectivity index (χ2v) is 6.05. The van der Waals surface area contributed by atoms with E-state index in [0.29, 0.717) is 24.7 Å². The molecule has 0 bridgehead atoms. The Labute approximate surface area is 115 Å². The van der Waals surface area contributed by atoms with E-state index in [4.69, 9.17) is 4.74 Å². The summed E-state index contributed by atoms with van der Waals surface area (Å²) in [5.41, 5.74) is 0.889. The van der Waals surface area contributed by atoms with E-state index in [-0.39, 0.29) is 6.10 Å². The highest BCUT2D eigenvalue weighted by atomic mass is 32.2. The summed E-state index contributed by atoms with van der Waals surface area (Å²) in [7, 11) is -0.795. The number of ether oxygens (including phenoxy) is 1. The Balaban J connectivity index is 2.03. The zero-order valence-electron chi connectivity index (χ0n) is 11.3. The molecular formula is C12H20N4O2S. The fraction of sp³-hybridized carbons (Fsp3) is 0.667. The third-order valence-corrected chi connectivity index (χ3v) is 3.59. The van der Waals surface area contributed by atoms with Gasteiger partial charge in [-0.1, -0.05) is 0 Å². The van der Waals surface area contributed by atoms with Crippen molar-refractivity contribution < 1.29 is 8.95 Å². The quantitative estimate of drug-likeness (QED) is 0.806. The van der Waals surface area contributed by atoms with Crippen LogP contribution in [-0.4, -0.2) is 52.4 Å². The third-order valence-electron chi connectivity index (χ3n) is 2.81. The zero-order chi connectivity index (χ0) is 13.7. The summed E-state index contributed by atoms with van der Waals surface area (Å²) < 4.78 is 16.7. The van der Waals surface area contributed by atoms with Crippen LogP contribution < -0.4 is 10.6 Å². The van der Waals surface area contributed by atoms with E-state index in [0.717, 1.165) is 24.6 Å². The first-order valence-corrected chi connectivity index (χ1v) is 8.09. The van der Waals surface area contributed by atoms with Gasteiger partial charge < -0.3 is 15.4 Å². The smallest absolute Gasteiger partial charge is 0.130 e. The second kappa shape index (κ2) is 6.93. The van der Waals surface area contributed by atoms with Crippen LogP contribution in [0.25, 0.3) is 0 Å². The Hall–Kier alpha value is -1.05. The molecule has 7 heteroatoms. The lowest BCUT2D eigenvalue weighted by Gasteiger charge is -2.23. The number of hydrogen-bond donors (Lipinski definition) is 2. The van der Waals surface area contributed by atoms with Gasteiger partial charge in [-0.05, 0) is 6.92 Å². The predicted molar refractivity (Wildman–Crippen MR) is 75.8 cm³/mol. The van der Waals surface area contributed by atoms with Gasteiger partial charge in [0.05, 0.1) is 12.3 Å². The van der Waals surface area contributed by atoms with Gasteiger partial charge in [-0.2, -0.15) is 0 Å². The fourth-order valence-electron chi connectivity index (χ4n) is 1.92. The molecule has 0 amide bonds. The number of nitrogens with zero attached hydrogens (tertiary/aromatic N) is 2. The molecule has 1 aromatic rings.